The Bertz CT molecular complexity index is 330. The number of halogens is 2. The van der Waals surface area contributed by atoms with E-state index in [0.717, 1.165) is 5.56 Å². The van der Waals surface area contributed by atoms with Gasteiger partial charge in [-0.05, 0) is 24.1 Å². The van der Waals surface area contributed by atoms with E-state index in [2.05, 4.69) is 0 Å². The van der Waals surface area contributed by atoms with E-state index in [1.165, 1.54) is 0 Å². The molecule has 0 unspecified atom stereocenters. The second-order valence-electron chi connectivity index (χ2n) is 2.62. The molecular weight excluding hydrogens is 207 g/mol. The third-order valence-electron chi connectivity index (χ3n) is 1.71. The van der Waals surface area contributed by atoms with E-state index in [1.807, 2.05) is 12.1 Å². The normalized spacial score (nSPS) is 9.69. The SMILES string of the molecule is Nc1cccc(CC=C(Cl)Cl)c1N. The van der Waals surface area contributed by atoms with Crippen molar-refractivity contribution in [3.63, 3.8) is 0 Å². The second kappa shape index (κ2) is 4.40. The quantitative estimate of drug-likeness (QED) is 0.748. The number of hydrogen-bond acceptors (Lipinski definition) is 2. The molecule has 0 aromatic heterocycles. The summed E-state index contributed by atoms with van der Waals surface area (Å²) < 4.78 is 0.238. The van der Waals surface area contributed by atoms with E-state index in [-0.39, 0.29) is 4.49 Å². The number of rotatable bonds is 2. The minimum absolute atomic E-state index is 0.238. The summed E-state index contributed by atoms with van der Waals surface area (Å²) in [6.07, 6.45) is 2.27. The molecule has 0 saturated carbocycles. The molecule has 0 heterocycles. The summed E-state index contributed by atoms with van der Waals surface area (Å²) in [6.45, 7) is 0. The molecule has 0 radical (unpaired) electrons. The molecule has 1 rings (SSSR count). The molecule has 4 N–H and O–H groups in total. The molecule has 1 aromatic rings. The van der Waals surface area contributed by atoms with Gasteiger partial charge in [-0.25, -0.2) is 0 Å². The highest BCUT2D eigenvalue weighted by molar-refractivity contribution is 6.55. The molecule has 0 fully saturated rings. The Balaban J connectivity index is 2.89. The first kappa shape index (κ1) is 10.2. The average Bonchev–Trinajstić information content (AvgIpc) is 2.07. The summed E-state index contributed by atoms with van der Waals surface area (Å²) in [5.74, 6) is 0. The first-order valence-electron chi connectivity index (χ1n) is 3.75. The van der Waals surface area contributed by atoms with Crippen LogP contribution in [0.25, 0.3) is 0 Å². The van der Waals surface area contributed by atoms with Gasteiger partial charge in [0.2, 0.25) is 0 Å². The number of nitrogens with two attached hydrogens (primary N) is 2. The topological polar surface area (TPSA) is 52.0 Å². The number of hydrogen-bond donors (Lipinski definition) is 2. The Hall–Kier alpha value is -0.860. The predicted molar refractivity (Wildman–Crippen MR) is 58.8 cm³/mol. The minimum Gasteiger partial charge on any atom is -0.397 e. The lowest BCUT2D eigenvalue weighted by molar-refractivity contribution is 1.28. The maximum atomic E-state index is 5.73. The highest BCUT2D eigenvalue weighted by Gasteiger charge is 1.99. The van der Waals surface area contributed by atoms with Crippen molar-refractivity contribution in [3.8, 4) is 0 Å². The maximum absolute atomic E-state index is 5.73. The molecule has 0 aliphatic carbocycles. The number of benzene rings is 1. The third-order valence-corrected chi connectivity index (χ3v) is 2.02. The molecule has 0 aliphatic heterocycles. The molecule has 0 atom stereocenters. The largest absolute Gasteiger partial charge is 0.397 e. The van der Waals surface area contributed by atoms with Gasteiger partial charge in [0.05, 0.1) is 11.4 Å². The summed E-state index contributed by atoms with van der Waals surface area (Å²) in [6, 6.07) is 5.49. The highest BCUT2D eigenvalue weighted by atomic mass is 35.5. The van der Waals surface area contributed by atoms with Crippen molar-refractivity contribution in [3.05, 3.63) is 34.3 Å². The molecule has 0 amide bonds. The lowest BCUT2D eigenvalue weighted by atomic mass is 10.1. The lowest BCUT2D eigenvalue weighted by Gasteiger charge is -2.04. The van der Waals surface area contributed by atoms with Crippen LogP contribution in [-0.2, 0) is 6.42 Å². The van der Waals surface area contributed by atoms with Gasteiger partial charge in [-0.15, -0.1) is 0 Å². The van der Waals surface area contributed by atoms with Crippen LogP contribution >= 0.6 is 23.2 Å². The second-order valence-corrected chi connectivity index (χ2v) is 3.63. The zero-order valence-electron chi connectivity index (χ0n) is 6.93. The van der Waals surface area contributed by atoms with Crippen molar-refractivity contribution < 1.29 is 0 Å². The van der Waals surface area contributed by atoms with Gasteiger partial charge in [0.15, 0.2) is 0 Å². The van der Waals surface area contributed by atoms with E-state index in [1.54, 1.807) is 12.1 Å². The van der Waals surface area contributed by atoms with Gasteiger partial charge in [-0.1, -0.05) is 35.3 Å². The van der Waals surface area contributed by atoms with E-state index in [9.17, 15) is 0 Å². The Morgan fingerprint density at radius 1 is 1.31 bits per heavy atom. The molecule has 2 nitrogen and oxygen atoms in total. The van der Waals surface area contributed by atoms with Crippen molar-refractivity contribution in [1.82, 2.24) is 0 Å². The molecule has 0 saturated heterocycles. The monoisotopic (exact) mass is 216 g/mol. The van der Waals surface area contributed by atoms with Crippen molar-refractivity contribution >= 4 is 34.6 Å². The Labute approximate surface area is 87.1 Å². The first-order chi connectivity index (χ1) is 6.11. The molecule has 0 aliphatic rings. The fourth-order valence-electron chi connectivity index (χ4n) is 0.998. The maximum Gasteiger partial charge on any atom is 0.103 e. The van der Waals surface area contributed by atoms with Crippen LogP contribution in [0.5, 0.6) is 0 Å². The Morgan fingerprint density at radius 3 is 2.62 bits per heavy atom. The number of allylic oxidation sites excluding steroid dienone is 1. The van der Waals surface area contributed by atoms with E-state index in [0.29, 0.717) is 17.8 Å². The minimum atomic E-state index is 0.238. The van der Waals surface area contributed by atoms with Crippen LogP contribution in [0.1, 0.15) is 5.56 Å². The zero-order valence-corrected chi connectivity index (χ0v) is 8.44. The molecule has 1 aromatic carbocycles. The Morgan fingerprint density at radius 2 is 2.00 bits per heavy atom. The fourth-order valence-corrected chi connectivity index (χ4v) is 1.15. The molecule has 0 bridgehead atoms. The van der Waals surface area contributed by atoms with Gasteiger partial charge < -0.3 is 11.5 Å². The van der Waals surface area contributed by atoms with Crippen LogP contribution < -0.4 is 11.5 Å². The molecule has 70 valence electrons. The first-order valence-corrected chi connectivity index (χ1v) is 4.51. The van der Waals surface area contributed by atoms with Crippen LogP contribution in [0.15, 0.2) is 28.8 Å². The third kappa shape index (κ3) is 2.83. The van der Waals surface area contributed by atoms with Crippen LogP contribution in [0.2, 0.25) is 0 Å². The lowest BCUT2D eigenvalue weighted by Crippen LogP contribution is -1.98. The summed E-state index contributed by atoms with van der Waals surface area (Å²) in [4.78, 5) is 0. The van der Waals surface area contributed by atoms with Gasteiger partial charge >= 0.3 is 0 Å². The van der Waals surface area contributed by atoms with Crippen LogP contribution in [-0.4, -0.2) is 0 Å². The molecule has 13 heavy (non-hydrogen) atoms. The van der Waals surface area contributed by atoms with Crippen molar-refractivity contribution in [2.75, 3.05) is 11.5 Å². The summed E-state index contributed by atoms with van der Waals surface area (Å²) >= 11 is 10.9. The standard InChI is InChI=1S/C9H10Cl2N2/c10-8(11)5-4-6-2-1-3-7(12)9(6)13/h1-3,5H,4,12-13H2. The number of para-hydroxylation sites is 1. The van der Waals surface area contributed by atoms with Gasteiger partial charge in [0.1, 0.15) is 4.49 Å². The van der Waals surface area contributed by atoms with Crippen LogP contribution in [0.4, 0.5) is 11.4 Å². The molecular formula is C9H10Cl2N2. The predicted octanol–water partition coefficient (Wildman–Crippen LogP) is 2.71. The molecule has 0 spiro atoms. The summed E-state index contributed by atoms with van der Waals surface area (Å²) in [5, 5.41) is 0. The average molecular weight is 217 g/mol. The van der Waals surface area contributed by atoms with Crippen molar-refractivity contribution in [2.24, 2.45) is 0 Å². The smallest absolute Gasteiger partial charge is 0.103 e. The van der Waals surface area contributed by atoms with Gasteiger partial charge in [0, 0.05) is 0 Å². The van der Waals surface area contributed by atoms with Gasteiger partial charge in [-0.2, -0.15) is 0 Å². The fraction of sp³-hybridized carbons (Fsp3) is 0.111. The van der Waals surface area contributed by atoms with Crippen LogP contribution in [0.3, 0.4) is 0 Å². The highest BCUT2D eigenvalue weighted by Crippen LogP contribution is 2.21. The van der Waals surface area contributed by atoms with Gasteiger partial charge in [-0.3, -0.25) is 0 Å². The van der Waals surface area contributed by atoms with E-state index >= 15 is 0 Å². The van der Waals surface area contributed by atoms with Crippen molar-refractivity contribution in [1.29, 1.82) is 0 Å². The van der Waals surface area contributed by atoms with Crippen LogP contribution in [0, 0.1) is 0 Å². The molecule has 4 heteroatoms. The van der Waals surface area contributed by atoms with E-state index in [4.69, 9.17) is 34.7 Å². The van der Waals surface area contributed by atoms with Crippen molar-refractivity contribution in [2.45, 2.75) is 6.42 Å². The Kier molecular flexibility index (Phi) is 3.46. The number of nitrogen functional groups attached to an aromatic ring is 2. The van der Waals surface area contributed by atoms with E-state index < -0.39 is 0 Å². The zero-order chi connectivity index (χ0) is 9.84. The summed E-state index contributed by atoms with van der Waals surface area (Å²) in [5.41, 5.74) is 13.4. The summed E-state index contributed by atoms with van der Waals surface area (Å²) in [7, 11) is 0. The van der Waals surface area contributed by atoms with Gasteiger partial charge in [0.25, 0.3) is 0 Å². The number of anilines is 2.